The number of pyridine rings is 1. The van der Waals surface area contributed by atoms with Crippen LogP contribution in [0.4, 0.5) is 11.4 Å². The Hall–Kier alpha value is -2.12. The molecule has 0 fully saturated rings. The van der Waals surface area contributed by atoms with Gasteiger partial charge in [0.1, 0.15) is 0 Å². The Bertz CT molecular complexity index is 668. The lowest BCUT2D eigenvalue weighted by atomic mass is 10.3. The average Bonchev–Trinajstić information content (AvgIpc) is 2.38. The van der Waals surface area contributed by atoms with Crippen molar-refractivity contribution in [1.82, 2.24) is 4.98 Å². The number of hydrogen-bond acceptors (Lipinski definition) is 5. The van der Waals surface area contributed by atoms with E-state index in [-0.39, 0.29) is 4.90 Å². The summed E-state index contributed by atoms with van der Waals surface area (Å²) in [7, 11) is -3.60. The van der Waals surface area contributed by atoms with Crippen LogP contribution in [0, 0.1) is 6.92 Å². The normalized spacial score (nSPS) is 11.1. The van der Waals surface area contributed by atoms with Crippen molar-refractivity contribution >= 4 is 21.4 Å². The van der Waals surface area contributed by atoms with E-state index in [0.717, 1.165) is 5.69 Å². The second-order valence-corrected chi connectivity index (χ2v) is 5.64. The number of rotatable bonds is 4. The molecule has 0 saturated heterocycles. The maximum Gasteiger partial charge on any atom is 0.261 e. The van der Waals surface area contributed by atoms with E-state index in [1.807, 2.05) is 0 Å². The lowest BCUT2D eigenvalue weighted by Crippen LogP contribution is -2.13. The summed E-state index contributed by atoms with van der Waals surface area (Å²) < 4.78 is 26.8. The van der Waals surface area contributed by atoms with Gasteiger partial charge >= 0.3 is 0 Å². The smallest absolute Gasteiger partial charge is 0.261 e. The number of nitrogens with zero attached hydrogens (tertiary/aromatic N) is 1. The molecule has 2 rings (SSSR count). The molecular weight excluding hydrogens is 264 g/mol. The van der Waals surface area contributed by atoms with E-state index in [1.54, 1.807) is 37.4 Å². The van der Waals surface area contributed by atoms with Crippen LogP contribution in [-0.4, -0.2) is 13.4 Å². The van der Waals surface area contributed by atoms with E-state index in [2.05, 4.69) is 15.1 Å². The molecule has 0 amide bonds. The monoisotopic (exact) mass is 278 g/mol. The molecule has 0 radical (unpaired) electrons. The van der Waals surface area contributed by atoms with Crippen molar-refractivity contribution in [3.05, 3.63) is 48.3 Å². The molecule has 1 aromatic heterocycles. The van der Waals surface area contributed by atoms with Gasteiger partial charge in [-0.3, -0.25) is 15.5 Å². The van der Waals surface area contributed by atoms with Gasteiger partial charge in [-0.15, -0.1) is 0 Å². The number of benzene rings is 1. The number of anilines is 2. The lowest BCUT2D eigenvalue weighted by molar-refractivity contribution is 0.601. The number of hydrogen-bond donors (Lipinski definition) is 3. The van der Waals surface area contributed by atoms with Gasteiger partial charge in [0.05, 0.1) is 10.6 Å². The Morgan fingerprint density at radius 1 is 1.11 bits per heavy atom. The van der Waals surface area contributed by atoms with Gasteiger partial charge in [0, 0.05) is 17.6 Å². The minimum Gasteiger partial charge on any atom is -0.324 e. The molecule has 100 valence electrons. The summed E-state index contributed by atoms with van der Waals surface area (Å²) in [4.78, 5) is 4.18. The summed E-state index contributed by atoms with van der Waals surface area (Å²) in [5.74, 6) is 5.23. The van der Waals surface area contributed by atoms with Crippen LogP contribution in [0.3, 0.4) is 0 Å². The Morgan fingerprint density at radius 2 is 1.79 bits per heavy atom. The molecule has 19 heavy (non-hydrogen) atoms. The van der Waals surface area contributed by atoms with E-state index in [1.165, 1.54) is 12.1 Å². The van der Waals surface area contributed by atoms with E-state index in [9.17, 15) is 8.42 Å². The highest BCUT2D eigenvalue weighted by molar-refractivity contribution is 7.92. The molecular formula is C12H14N4O2S. The fourth-order valence-corrected chi connectivity index (χ4v) is 2.60. The molecule has 1 aromatic carbocycles. The van der Waals surface area contributed by atoms with Crippen LogP contribution in [-0.2, 0) is 10.0 Å². The molecule has 2 aromatic rings. The van der Waals surface area contributed by atoms with Gasteiger partial charge < -0.3 is 5.43 Å². The zero-order valence-electron chi connectivity index (χ0n) is 10.3. The lowest BCUT2D eigenvalue weighted by Gasteiger charge is -2.09. The van der Waals surface area contributed by atoms with Crippen molar-refractivity contribution in [2.24, 2.45) is 5.84 Å². The van der Waals surface area contributed by atoms with Gasteiger partial charge in [-0.2, -0.15) is 0 Å². The maximum absolute atomic E-state index is 12.1. The molecule has 7 heteroatoms. The summed E-state index contributed by atoms with van der Waals surface area (Å²) in [6.07, 6.45) is 1.55. The van der Waals surface area contributed by atoms with Crippen LogP contribution in [0.2, 0.25) is 0 Å². The Balaban J connectivity index is 2.27. The highest BCUT2D eigenvalue weighted by atomic mass is 32.2. The van der Waals surface area contributed by atoms with Crippen LogP contribution < -0.4 is 16.0 Å². The van der Waals surface area contributed by atoms with E-state index >= 15 is 0 Å². The number of nitrogens with one attached hydrogen (secondary N) is 2. The first-order valence-electron chi connectivity index (χ1n) is 5.53. The highest BCUT2D eigenvalue weighted by Gasteiger charge is 2.13. The number of sulfonamides is 1. The van der Waals surface area contributed by atoms with Crippen LogP contribution in [0.15, 0.2) is 47.5 Å². The topological polar surface area (TPSA) is 97.1 Å². The molecule has 0 aliphatic rings. The number of hydrazine groups is 1. The summed E-state index contributed by atoms with van der Waals surface area (Å²) in [6.45, 7) is 1.79. The Kier molecular flexibility index (Phi) is 3.68. The molecule has 6 nitrogen and oxygen atoms in total. The summed E-state index contributed by atoms with van der Waals surface area (Å²) in [5, 5.41) is 0. The van der Waals surface area contributed by atoms with Crippen molar-refractivity contribution in [3.8, 4) is 0 Å². The Morgan fingerprint density at radius 3 is 2.37 bits per heavy atom. The van der Waals surface area contributed by atoms with Crippen LogP contribution >= 0.6 is 0 Å². The quantitative estimate of drug-likeness (QED) is 0.581. The van der Waals surface area contributed by atoms with Crippen molar-refractivity contribution < 1.29 is 8.42 Å². The van der Waals surface area contributed by atoms with Gasteiger partial charge in [-0.05, 0) is 43.3 Å². The number of aromatic nitrogens is 1. The number of aryl methyl sites for hydroxylation is 1. The third-order valence-electron chi connectivity index (χ3n) is 2.48. The molecule has 0 atom stereocenters. The molecule has 1 heterocycles. The molecule has 4 N–H and O–H groups in total. The van der Waals surface area contributed by atoms with Gasteiger partial charge in [0.25, 0.3) is 10.0 Å². The van der Waals surface area contributed by atoms with Crippen molar-refractivity contribution in [1.29, 1.82) is 0 Å². The second-order valence-electron chi connectivity index (χ2n) is 3.96. The highest BCUT2D eigenvalue weighted by Crippen LogP contribution is 2.17. The molecule has 0 unspecified atom stereocenters. The van der Waals surface area contributed by atoms with Gasteiger partial charge in [0.15, 0.2) is 0 Å². The third-order valence-corrected chi connectivity index (χ3v) is 3.88. The van der Waals surface area contributed by atoms with Crippen LogP contribution in [0.5, 0.6) is 0 Å². The summed E-state index contributed by atoms with van der Waals surface area (Å²) in [5.41, 5.74) is 4.30. The maximum atomic E-state index is 12.1. The van der Waals surface area contributed by atoms with Crippen molar-refractivity contribution in [2.45, 2.75) is 11.8 Å². The third kappa shape index (κ3) is 3.21. The average molecular weight is 278 g/mol. The van der Waals surface area contributed by atoms with Gasteiger partial charge in [-0.25, -0.2) is 8.42 Å². The van der Waals surface area contributed by atoms with E-state index in [4.69, 9.17) is 5.84 Å². The molecule has 0 saturated carbocycles. The molecule has 0 aliphatic carbocycles. The molecule has 0 spiro atoms. The van der Waals surface area contributed by atoms with Gasteiger partial charge in [0.2, 0.25) is 0 Å². The first kappa shape index (κ1) is 13.3. The first-order valence-corrected chi connectivity index (χ1v) is 7.02. The second kappa shape index (κ2) is 5.25. The number of nitrogen functional groups attached to an aromatic ring is 1. The van der Waals surface area contributed by atoms with Crippen LogP contribution in [0.25, 0.3) is 0 Å². The van der Waals surface area contributed by atoms with E-state index in [0.29, 0.717) is 11.4 Å². The zero-order valence-corrected chi connectivity index (χ0v) is 11.1. The van der Waals surface area contributed by atoms with Gasteiger partial charge in [-0.1, -0.05) is 0 Å². The predicted octanol–water partition coefficient (Wildman–Crippen LogP) is 1.48. The van der Waals surface area contributed by atoms with Crippen molar-refractivity contribution in [3.63, 3.8) is 0 Å². The minimum absolute atomic E-state index is 0.168. The number of nitrogens with two attached hydrogens (primary N) is 1. The first-order chi connectivity index (χ1) is 9.01. The summed E-state index contributed by atoms with van der Waals surface area (Å²) >= 11 is 0. The molecule has 0 aliphatic heterocycles. The minimum atomic E-state index is -3.60. The van der Waals surface area contributed by atoms with E-state index < -0.39 is 10.0 Å². The SMILES string of the molecule is Cc1cc(NS(=O)(=O)c2ccc(NN)cc2)ccn1. The predicted molar refractivity (Wildman–Crippen MR) is 74.0 cm³/mol. The molecule has 0 bridgehead atoms. The summed E-state index contributed by atoms with van der Waals surface area (Å²) in [6, 6.07) is 9.39. The van der Waals surface area contributed by atoms with Crippen LogP contribution in [0.1, 0.15) is 5.69 Å². The zero-order chi connectivity index (χ0) is 13.9. The van der Waals surface area contributed by atoms with Crippen molar-refractivity contribution in [2.75, 3.05) is 10.1 Å². The standard InChI is InChI=1S/C12H14N4O2S/c1-9-8-11(6-7-14-9)16-19(17,18)12-4-2-10(15-13)3-5-12/h2-8,15H,13H2,1H3,(H,14,16). The fourth-order valence-electron chi connectivity index (χ4n) is 1.55. The fraction of sp³-hybridized carbons (Fsp3) is 0.0833. The largest absolute Gasteiger partial charge is 0.324 e. The Labute approximate surface area is 111 Å².